The third kappa shape index (κ3) is 6.42. The van der Waals surface area contributed by atoms with E-state index in [-0.39, 0.29) is 36.5 Å². The predicted octanol–water partition coefficient (Wildman–Crippen LogP) is 3.31. The molecule has 1 saturated carbocycles. The van der Waals surface area contributed by atoms with Gasteiger partial charge in [-0.25, -0.2) is 0 Å². The van der Waals surface area contributed by atoms with Gasteiger partial charge in [-0.1, -0.05) is 13.0 Å². The number of pyridine rings is 1. The summed E-state index contributed by atoms with van der Waals surface area (Å²) in [7, 11) is 0. The largest absolute Gasteiger partial charge is 0.493 e. The molecule has 9 heteroatoms. The smallest absolute Gasteiger partial charge is 0.255 e. The third-order valence-corrected chi connectivity index (χ3v) is 9.43. The molecule has 0 radical (unpaired) electrons. The van der Waals surface area contributed by atoms with Crippen molar-refractivity contribution in [1.82, 2.24) is 20.5 Å². The minimum atomic E-state index is -0.610. The second kappa shape index (κ2) is 12.5. The summed E-state index contributed by atoms with van der Waals surface area (Å²) in [6, 6.07) is 9.39. The Morgan fingerprint density at radius 3 is 2.59 bits per heavy atom. The molecule has 4 heterocycles. The predicted molar refractivity (Wildman–Crippen MR) is 154 cm³/mol. The van der Waals surface area contributed by atoms with E-state index in [1.54, 1.807) is 12.4 Å². The molecule has 5 atom stereocenters. The molecule has 41 heavy (non-hydrogen) atoms. The van der Waals surface area contributed by atoms with Crippen LogP contribution in [0.25, 0.3) is 11.1 Å². The molecule has 9 nitrogen and oxygen atoms in total. The van der Waals surface area contributed by atoms with Crippen molar-refractivity contribution >= 4 is 11.8 Å². The van der Waals surface area contributed by atoms with Gasteiger partial charge in [-0.3, -0.25) is 19.5 Å². The van der Waals surface area contributed by atoms with E-state index < -0.39 is 12.2 Å². The number of benzene rings is 1. The van der Waals surface area contributed by atoms with Crippen molar-refractivity contribution in [3.63, 3.8) is 0 Å². The highest BCUT2D eigenvalue weighted by molar-refractivity contribution is 5.98. The van der Waals surface area contributed by atoms with Gasteiger partial charge in [-0.05, 0) is 86.3 Å². The number of aliphatic hydroxyl groups excluding tert-OH is 1. The number of ether oxygens (including phenoxy) is 2. The highest BCUT2D eigenvalue weighted by Crippen LogP contribution is 2.33. The van der Waals surface area contributed by atoms with Crippen LogP contribution in [0.5, 0.6) is 5.75 Å². The summed E-state index contributed by atoms with van der Waals surface area (Å²) in [5.41, 5.74) is 2.42. The Bertz CT molecular complexity index is 1220. The fourth-order valence-electron chi connectivity index (χ4n) is 6.98. The summed E-state index contributed by atoms with van der Waals surface area (Å²) in [6.07, 6.45) is 9.28. The van der Waals surface area contributed by atoms with Crippen molar-refractivity contribution in [3.05, 3.63) is 48.3 Å². The van der Waals surface area contributed by atoms with Gasteiger partial charge in [-0.2, -0.15) is 0 Å². The summed E-state index contributed by atoms with van der Waals surface area (Å²) < 4.78 is 12.5. The monoisotopic (exact) mass is 562 g/mol. The number of carbonyl (C=O) groups excluding carboxylic acids is 2. The normalized spacial score (nSPS) is 33.3. The van der Waals surface area contributed by atoms with Crippen LogP contribution in [0.2, 0.25) is 0 Å². The summed E-state index contributed by atoms with van der Waals surface area (Å²) >= 11 is 0. The molecule has 2 aromatic rings. The number of aliphatic hydroxyl groups is 1. The quantitative estimate of drug-likeness (QED) is 0.515. The lowest BCUT2D eigenvalue weighted by Crippen LogP contribution is -2.52. The molecule has 0 spiro atoms. The van der Waals surface area contributed by atoms with Crippen molar-refractivity contribution in [2.45, 2.75) is 94.7 Å². The Balaban J connectivity index is 1.29. The van der Waals surface area contributed by atoms with E-state index in [1.807, 2.05) is 30.3 Å². The van der Waals surface area contributed by atoms with Gasteiger partial charge in [0.2, 0.25) is 5.91 Å². The van der Waals surface area contributed by atoms with Crippen LogP contribution >= 0.6 is 0 Å². The van der Waals surface area contributed by atoms with E-state index in [0.717, 1.165) is 43.2 Å². The molecule has 2 saturated heterocycles. The van der Waals surface area contributed by atoms with Crippen LogP contribution in [0, 0.1) is 5.92 Å². The number of carbonyl (C=O) groups is 2. The Hall–Kier alpha value is -3.01. The van der Waals surface area contributed by atoms with Crippen molar-refractivity contribution in [1.29, 1.82) is 0 Å². The lowest BCUT2D eigenvalue weighted by molar-refractivity contribution is -0.134. The van der Waals surface area contributed by atoms with E-state index in [1.165, 1.54) is 0 Å². The van der Waals surface area contributed by atoms with Gasteiger partial charge < -0.3 is 25.2 Å². The fraction of sp³-hybridized carbons (Fsp3) is 0.594. The lowest BCUT2D eigenvalue weighted by atomic mass is 9.86. The maximum Gasteiger partial charge on any atom is 0.255 e. The number of fused-ring (bicyclic) bond motifs is 5. The molecule has 6 rings (SSSR count). The summed E-state index contributed by atoms with van der Waals surface area (Å²) in [4.78, 5) is 33.7. The first kappa shape index (κ1) is 28.1. The van der Waals surface area contributed by atoms with Crippen molar-refractivity contribution < 1.29 is 24.2 Å². The standard InChI is InChI=1S/C32H42N4O5/c1-20-2-5-24(6-3-20)36-19-23-17-27(36)32(39)34-18-30-28(37)9-7-25(41-30)12-15-40-29-16-22(21-10-13-33-14-11-21)4-8-26(29)31(38)35-23/h4,8,10-11,13-14,16,20,23-25,27-28,30,37H,2-3,5-7,9,12,15,17-19H2,1H3,(H,34,39)(H,35,38)/t20?,23-,24?,25-,27-,28-,30+/m0/s1. The van der Waals surface area contributed by atoms with Crippen molar-refractivity contribution in [2.75, 3.05) is 19.7 Å². The number of nitrogens with one attached hydrogen (secondary N) is 2. The number of amides is 2. The number of nitrogens with zero attached hydrogens (tertiary/aromatic N) is 2. The van der Waals surface area contributed by atoms with Crippen LogP contribution in [0.3, 0.4) is 0 Å². The summed E-state index contributed by atoms with van der Waals surface area (Å²) in [6.45, 7) is 3.58. The number of rotatable bonds is 2. The molecule has 1 aromatic heterocycles. The van der Waals surface area contributed by atoms with E-state index in [4.69, 9.17) is 9.47 Å². The molecule has 4 aliphatic rings. The summed E-state index contributed by atoms with van der Waals surface area (Å²) in [5, 5.41) is 17.0. The number of hydrogen-bond acceptors (Lipinski definition) is 7. The van der Waals surface area contributed by atoms with Gasteiger partial charge >= 0.3 is 0 Å². The molecule has 1 aliphatic carbocycles. The first-order chi connectivity index (χ1) is 19.9. The molecule has 4 bridgehead atoms. The number of likely N-dealkylation sites (tertiary alicyclic amines) is 1. The van der Waals surface area contributed by atoms with Crippen LogP contribution in [0.4, 0.5) is 0 Å². The topological polar surface area (TPSA) is 113 Å². The first-order valence-corrected chi connectivity index (χ1v) is 15.3. The van der Waals surface area contributed by atoms with Gasteiger partial charge in [0.15, 0.2) is 0 Å². The zero-order valence-electron chi connectivity index (χ0n) is 23.8. The second-order valence-corrected chi connectivity index (χ2v) is 12.3. The summed E-state index contributed by atoms with van der Waals surface area (Å²) in [5.74, 6) is 1.00. The molecule has 0 unspecified atom stereocenters. The van der Waals surface area contributed by atoms with Crippen LogP contribution in [0.15, 0.2) is 42.7 Å². The van der Waals surface area contributed by atoms with E-state index >= 15 is 0 Å². The maximum absolute atomic E-state index is 13.7. The van der Waals surface area contributed by atoms with Crippen molar-refractivity contribution in [3.8, 4) is 16.9 Å². The Kier molecular flexibility index (Phi) is 8.55. The Labute approximate surface area is 242 Å². The molecule has 1 aromatic carbocycles. The van der Waals surface area contributed by atoms with E-state index in [2.05, 4.69) is 27.4 Å². The van der Waals surface area contributed by atoms with Gasteiger partial charge in [0.25, 0.3) is 5.91 Å². The highest BCUT2D eigenvalue weighted by Gasteiger charge is 2.42. The van der Waals surface area contributed by atoms with Crippen LogP contribution in [-0.4, -0.2) is 82.9 Å². The average Bonchev–Trinajstić information content (AvgIpc) is 3.41. The van der Waals surface area contributed by atoms with Crippen LogP contribution in [0.1, 0.15) is 68.6 Å². The zero-order valence-corrected chi connectivity index (χ0v) is 23.8. The first-order valence-electron chi connectivity index (χ1n) is 15.3. The van der Waals surface area contributed by atoms with Crippen LogP contribution < -0.4 is 15.4 Å². The lowest BCUT2D eigenvalue weighted by Gasteiger charge is -2.37. The van der Waals surface area contributed by atoms with Gasteiger partial charge in [-0.15, -0.1) is 0 Å². The molecular weight excluding hydrogens is 520 g/mol. The zero-order chi connectivity index (χ0) is 28.3. The van der Waals surface area contributed by atoms with E-state index in [0.29, 0.717) is 55.7 Å². The molecular formula is C32H42N4O5. The minimum absolute atomic E-state index is 0.0453. The minimum Gasteiger partial charge on any atom is -0.493 e. The molecule has 220 valence electrons. The maximum atomic E-state index is 13.7. The Morgan fingerprint density at radius 1 is 0.976 bits per heavy atom. The van der Waals surface area contributed by atoms with Gasteiger partial charge in [0.1, 0.15) is 11.9 Å². The molecule has 2 amide bonds. The van der Waals surface area contributed by atoms with Gasteiger partial charge in [0.05, 0.1) is 30.4 Å². The second-order valence-electron chi connectivity index (χ2n) is 12.3. The average molecular weight is 563 g/mol. The molecule has 3 aliphatic heterocycles. The van der Waals surface area contributed by atoms with E-state index in [9.17, 15) is 14.7 Å². The van der Waals surface area contributed by atoms with Crippen molar-refractivity contribution in [2.24, 2.45) is 5.92 Å². The molecule has 3 fully saturated rings. The number of hydrogen-bond donors (Lipinski definition) is 3. The Morgan fingerprint density at radius 2 is 1.78 bits per heavy atom. The van der Waals surface area contributed by atoms with Gasteiger partial charge in [0, 0.05) is 44.0 Å². The third-order valence-electron chi connectivity index (χ3n) is 9.43. The fourth-order valence-corrected chi connectivity index (χ4v) is 6.98. The highest BCUT2D eigenvalue weighted by atomic mass is 16.5. The number of aromatic nitrogens is 1. The SMILES string of the molecule is CC1CCC(N2C[C@@H]3C[C@H]2C(=O)NC[C@H]2O[C@H](CCOc4cc(-c5ccncc5)ccc4C(=O)N3)CC[C@@H]2O)CC1. The molecule has 3 N–H and O–H groups in total. The van der Waals surface area contributed by atoms with Crippen LogP contribution in [-0.2, 0) is 9.53 Å².